The maximum absolute atomic E-state index is 14.0. The fourth-order valence-corrected chi connectivity index (χ4v) is 9.68. The summed E-state index contributed by atoms with van der Waals surface area (Å²) in [6, 6.07) is 11.5. The fourth-order valence-electron chi connectivity index (χ4n) is 7.32. The summed E-state index contributed by atoms with van der Waals surface area (Å²) in [5.74, 6) is -1.99. The van der Waals surface area contributed by atoms with E-state index in [1.165, 1.54) is 25.2 Å². The number of rotatable bonds is 18. The second-order valence-electron chi connectivity index (χ2n) is 23.4. The largest absolute Gasteiger partial charge is 0.445 e. The quantitative estimate of drug-likeness (QED) is 0.0585. The minimum atomic E-state index is -2.32. The van der Waals surface area contributed by atoms with Crippen LogP contribution in [0.1, 0.15) is 117 Å². The van der Waals surface area contributed by atoms with Crippen molar-refractivity contribution in [2.45, 2.75) is 175 Å². The predicted octanol–water partition coefficient (Wildman–Crippen LogP) is 8.83. The molecule has 5 atom stereocenters. The van der Waals surface area contributed by atoms with Crippen LogP contribution in [-0.2, 0) is 45.8 Å². The molecule has 2 aromatic heterocycles. The standard InChI is InChI=1S/C52H79N9O11Si2/c1-31(2)39(56-48(66)71-50(4,5)6)44(64)54-32(3)42(62)55-35-24-22-33(23-25-35)28-68-49(67)60(13)27-34-20-18-19-21-37(34)43(63)58-47-57-41-40(45(65)59-47)53-30-61(41)46-38(72-74(16,17)52(10,11)12)26-36(70-46)29-69-73(14,15)51(7,8)9/h18-25,30-32,36,38-39,46H,26-29H2,1-17H3,(H,54,64)(H,55,62)(H,56,66)(H2,57,58,59,63,65)/t32-,36-,38?,39-,46+/m0/s1. The second-order valence-corrected chi connectivity index (χ2v) is 33.0. The van der Waals surface area contributed by atoms with Crippen LogP contribution in [0.5, 0.6) is 0 Å². The lowest BCUT2D eigenvalue weighted by molar-refractivity contribution is -0.128. The molecule has 3 heterocycles. The number of carbonyl (C=O) groups excluding carboxylic acids is 5. The predicted molar refractivity (Wildman–Crippen MR) is 289 cm³/mol. The van der Waals surface area contributed by atoms with Gasteiger partial charge in [-0.25, -0.2) is 14.6 Å². The van der Waals surface area contributed by atoms with Gasteiger partial charge < -0.3 is 43.9 Å². The molecule has 22 heteroatoms. The maximum Gasteiger partial charge on any atom is 0.410 e. The smallest absolute Gasteiger partial charge is 0.410 e. The van der Waals surface area contributed by atoms with E-state index < -0.39 is 82.1 Å². The summed E-state index contributed by atoms with van der Waals surface area (Å²) in [5.41, 5.74) is 0.781. The van der Waals surface area contributed by atoms with Crippen LogP contribution in [0.25, 0.3) is 11.2 Å². The molecule has 0 spiro atoms. The number of hydrogen-bond donors (Lipinski definition) is 5. The number of alkyl carbamates (subject to hydrolysis) is 1. The van der Waals surface area contributed by atoms with E-state index in [0.717, 1.165) is 0 Å². The number of hydrogen-bond acceptors (Lipinski definition) is 13. The van der Waals surface area contributed by atoms with E-state index in [1.807, 2.05) is 0 Å². The van der Waals surface area contributed by atoms with Gasteiger partial charge in [0.2, 0.25) is 17.8 Å². The van der Waals surface area contributed by atoms with E-state index in [9.17, 15) is 28.8 Å². The van der Waals surface area contributed by atoms with Crippen molar-refractivity contribution in [3.8, 4) is 0 Å². The Morgan fingerprint density at radius 3 is 2.11 bits per heavy atom. The first-order valence-electron chi connectivity index (χ1n) is 25.1. The van der Waals surface area contributed by atoms with Crippen molar-refractivity contribution in [3.63, 3.8) is 0 Å². The molecule has 0 radical (unpaired) electrons. The average molecular weight is 1060 g/mol. The van der Waals surface area contributed by atoms with Crippen molar-refractivity contribution in [1.82, 2.24) is 35.1 Å². The molecule has 1 unspecified atom stereocenters. The number of amides is 5. The number of imidazole rings is 1. The number of nitrogens with one attached hydrogen (secondary N) is 5. The Kier molecular flexibility index (Phi) is 18.6. The molecule has 0 saturated carbocycles. The molecule has 4 aromatic rings. The van der Waals surface area contributed by atoms with E-state index in [1.54, 1.807) is 87.7 Å². The molecular formula is C52H79N9O11Si2. The fraction of sp³-hybridized carbons (Fsp3) is 0.577. The average Bonchev–Trinajstić information content (AvgIpc) is 3.89. The van der Waals surface area contributed by atoms with Crippen molar-refractivity contribution in [2.75, 3.05) is 24.3 Å². The van der Waals surface area contributed by atoms with Gasteiger partial charge in [0.15, 0.2) is 34.0 Å². The van der Waals surface area contributed by atoms with E-state index in [0.29, 0.717) is 29.8 Å². The highest BCUT2D eigenvalue weighted by Gasteiger charge is 2.47. The lowest BCUT2D eigenvalue weighted by Gasteiger charge is -2.39. The van der Waals surface area contributed by atoms with Gasteiger partial charge in [0, 0.05) is 31.3 Å². The van der Waals surface area contributed by atoms with Crippen molar-refractivity contribution in [3.05, 3.63) is 81.9 Å². The summed E-state index contributed by atoms with van der Waals surface area (Å²) >= 11 is 0. The molecule has 5 rings (SSSR count). The Balaban J connectivity index is 1.21. The number of nitrogens with zero attached hydrogens (tertiary/aromatic N) is 4. The van der Waals surface area contributed by atoms with Crippen LogP contribution < -0.4 is 26.8 Å². The van der Waals surface area contributed by atoms with Gasteiger partial charge in [-0.1, -0.05) is 85.7 Å². The van der Waals surface area contributed by atoms with Crippen LogP contribution in [0.2, 0.25) is 36.3 Å². The van der Waals surface area contributed by atoms with Gasteiger partial charge in [-0.3, -0.25) is 34.0 Å². The number of fused-ring (bicyclic) bond motifs is 1. The van der Waals surface area contributed by atoms with E-state index in [2.05, 4.69) is 99.0 Å². The third kappa shape index (κ3) is 15.3. The Labute approximate surface area is 437 Å². The topological polar surface area (TPSA) is 246 Å². The monoisotopic (exact) mass is 1060 g/mol. The third-order valence-electron chi connectivity index (χ3n) is 13.7. The molecule has 1 aliphatic rings. The molecule has 0 aliphatic carbocycles. The van der Waals surface area contributed by atoms with Gasteiger partial charge in [-0.2, -0.15) is 4.98 Å². The molecule has 5 amide bonds. The van der Waals surface area contributed by atoms with Crippen LogP contribution >= 0.6 is 0 Å². The molecular weight excluding hydrogens is 983 g/mol. The summed E-state index contributed by atoms with van der Waals surface area (Å²) in [5, 5.41) is 10.6. The summed E-state index contributed by atoms with van der Waals surface area (Å²) in [7, 11) is -2.88. The van der Waals surface area contributed by atoms with E-state index in [4.69, 9.17) is 28.0 Å². The van der Waals surface area contributed by atoms with Crippen molar-refractivity contribution >= 4 is 69.3 Å². The minimum Gasteiger partial charge on any atom is -0.445 e. The molecule has 2 aromatic carbocycles. The van der Waals surface area contributed by atoms with Crippen LogP contribution in [0.3, 0.4) is 0 Å². The molecule has 1 saturated heterocycles. The number of ether oxygens (including phenoxy) is 3. The molecule has 406 valence electrons. The number of carbonyl (C=O) groups is 5. The normalized spacial score (nSPS) is 17.4. The van der Waals surface area contributed by atoms with Gasteiger partial charge in [0.25, 0.3) is 11.5 Å². The Morgan fingerprint density at radius 2 is 1.50 bits per heavy atom. The summed E-state index contributed by atoms with van der Waals surface area (Å²) < 4.78 is 32.9. The lowest BCUT2D eigenvalue weighted by atomic mass is 10.0. The second kappa shape index (κ2) is 23.3. The Hall–Kier alpha value is -5.95. The highest BCUT2D eigenvalue weighted by Crippen LogP contribution is 2.43. The van der Waals surface area contributed by atoms with Gasteiger partial charge >= 0.3 is 12.2 Å². The number of aromatic amines is 1. The van der Waals surface area contributed by atoms with Gasteiger partial charge in [0.05, 0.1) is 25.1 Å². The highest BCUT2D eigenvalue weighted by atomic mass is 28.4. The zero-order chi connectivity index (χ0) is 55.3. The number of anilines is 2. The first-order chi connectivity index (χ1) is 34.2. The molecule has 1 aliphatic heterocycles. The van der Waals surface area contributed by atoms with Gasteiger partial charge in [-0.15, -0.1) is 0 Å². The summed E-state index contributed by atoms with van der Waals surface area (Å²) in [6.45, 7) is 32.4. The summed E-state index contributed by atoms with van der Waals surface area (Å²) in [4.78, 5) is 92.2. The number of benzene rings is 2. The number of aromatic nitrogens is 4. The van der Waals surface area contributed by atoms with Crippen LogP contribution in [-0.4, -0.2) is 115 Å². The van der Waals surface area contributed by atoms with E-state index >= 15 is 0 Å². The van der Waals surface area contributed by atoms with Gasteiger partial charge in [0.1, 0.15) is 24.3 Å². The van der Waals surface area contributed by atoms with Crippen molar-refractivity contribution < 1.29 is 47.0 Å². The van der Waals surface area contributed by atoms with Crippen LogP contribution in [0.4, 0.5) is 21.2 Å². The Morgan fingerprint density at radius 1 is 0.865 bits per heavy atom. The van der Waals surface area contributed by atoms with Crippen molar-refractivity contribution in [1.29, 1.82) is 0 Å². The molecule has 74 heavy (non-hydrogen) atoms. The van der Waals surface area contributed by atoms with Crippen molar-refractivity contribution in [2.24, 2.45) is 5.92 Å². The zero-order valence-corrected chi connectivity index (χ0v) is 48.3. The van der Waals surface area contributed by atoms with Crippen LogP contribution in [0.15, 0.2) is 59.7 Å². The molecule has 0 bridgehead atoms. The minimum absolute atomic E-state index is 0.00178. The number of H-pyrrole nitrogens is 1. The van der Waals surface area contributed by atoms with Crippen LogP contribution in [0, 0.1) is 5.92 Å². The third-order valence-corrected chi connectivity index (χ3v) is 22.7. The molecule has 20 nitrogen and oxygen atoms in total. The van der Waals surface area contributed by atoms with Gasteiger partial charge in [-0.05, 0) is 99.2 Å². The maximum atomic E-state index is 14.0. The first-order valence-corrected chi connectivity index (χ1v) is 30.9. The Bertz CT molecular complexity index is 2700. The zero-order valence-electron chi connectivity index (χ0n) is 46.3. The lowest BCUT2D eigenvalue weighted by Crippen LogP contribution is -2.54. The van der Waals surface area contributed by atoms with E-state index in [-0.39, 0.29) is 57.9 Å². The molecule has 5 N–H and O–H groups in total. The highest BCUT2D eigenvalue weighted by molar-refractivity contribution is 6.74. The molecule has 1 fully saturated rings. The first kappa shape index (κ1) is 58.9. The SMILES string of the molecule is CC(C)[C@H](NC(=O)OC(C)(C)C)C(=O)N[C@@H](C)C(=O)Nc1ccc(COC(=O)N(C)Cc2ccccc2C(=O)Nc2nc3c(ncn3[C@@H]3O[C@H](CO[Si](C)(C)C(C)(C)C)CC3O[Si](C)(C)C(C)(C)C)c(=O)[nH]2)cc1. The summed E-state index contributed by atoms with van der Waals surface area (Å²) in [6.07, 6.45) is -0.674.